The van der Waals surface area contributed by atoms with Crippen LogP contribution in [0.1, 0.15) is 11.1 Å². The minimum atomic E-state index is 0.487. The highest BCUT2D eigenvalue weighted by molar-refractivity contribution is 9.10. The monoisotopic (exact) mass is 302 g/mol. The lowest BCUT2D eigenvalue weighted by Gasteiger charge is -2.10. The Kier molecular flexibility index (Phi) is 3.54. The standard InChI is InChI=1S/C14H11BrN2O/c1-9-6-12(17)3-5-13(9)18-14-4-2-11(15)7-10(14)8-16/h2-7H,17H2,1H3. The molecule has 90 valence electrons. The molecule has 2 aromatic carbocycles. The summed E-state index contributed by atoms with van der Waals surface area (Å²) >= 11 is 3.32. The molecule has 3 nitrogen and oxygen atoms in total. The van der Waals surface area contributed by atoms with Gasteiger partial charge >= 0.3 is 0 Å². The molecule has 0 aliphatic heterocycles. The summed E-state index contributed by atoms with van der Waals surface area (Å²) < 4.78 is 6.59. The quantitative estimate of drug-likeness (QED) is 0.853. The largest absolute Gasteiger partial charge is 0.456 e. The third kappa shape index (κ3) is 2.63. The first-order valence-corrected chi connectivity index (χ1v) is 6.13. The number of halogens is 1. The van der Waals surface area contributed by atoms with Gasteiger partial charge < -0.3 is 10.5 Å². The van der Waals surface area contributed by atoms with Crippen LogP contribution in [0.15, 0.2) is 40.9 Å². The van der Waals surface area contributed by atoms with Crippen molar-refractivity contribution in [2.75, 3.05) is 5.73 Å². The number of ether oxygens (including phenoxy) is 1. The molecule has 0 aliphatic carbocycles. The van der Waals surface area contributed by atoms with Crippen molar-refractivity contribution in [3.8, 4) is 17.6 Å². The maximum Gasteiger partial charge on any atom is 0.145 e. The van der Waals surface area contributed by atoms with Crippen LogP contribution in [0.3, 0.4) is 0 Å². The Morgan fingerprint density at radius 1 is 1.17 bits per heavy atom. The highest BCUT2D eigenvalue weighted by Crippen LogP contribution is 2.30. The van der Waals surface area contributed by atoms with Crippen LogP contribution < -0.4 is 10.5 Å². The number of nitrogen functional groups attached to an aromatic ring is 1. The molecule has 0 saturated carbocycles. The molecule has 0 heterocycles. The number of hydrogen-bond donors (Lipinski definition) is 1. The molecule has 0 aromatic heterocycles. The van der Waals surface area contributed by atoms with E-state index in [-0.39, 0.29) is 0 Å². The molecular formula is C14H11BrN2O. The summed E-state index contributed by atoms with van der Waals surface area (Å²) in [4.78, 5) is 0. The van der Waals surface area contributed by atoms with E-state index in [0.717, 1.165) is 10.0 Å². The van der Waals surface area contributed by atoms with Gasteiger partial charge in [0, 0.05) is 10.2 Å². The first-order chi connectivity index (χ1) is 8.60. The van der Waals surface area contributed by atoms with Crippen LogP contribution >= 0.6 is 15.9 Å². The average molecular weight is 303 g/mol. The summed E-state index contributed by atoms with van der Waals surface area (Å²) in [6.45, 7) is 1.91. The maximum absolute atomic E-state index is 9.06. The van der Waals surface area contributed by atoms with E-state index in [1.54, 1.807) is 24.3 Å². The van der Waals surface area contributed by atoms with E-state index < -0.39 is 0 Å². The SMILES string of the molecule is Cc1cc(N)ccc1Oc1ccc(Br)cc1C#N. The maximum atomic E-state index is 9.06. The molecule has 4 heteroatoms. The Labute approximate surface area is 114 Å². The van der Waals surface area contributed by atoms with Gasteiger partial charge in [-0.1, -0.05) is 15.9 Å². The lowest BCUT2D eigenvalue weighted by molar-refractivity contribution is 0.477. The van der Waals surface area contributed by atoms with Crippen LogP contribution in [0.4, 0.5) is 5.69 Å². The second kappa shape index (κ2) is 5.11. The van der Waals surface area contributed by atoms with Crippen LogP contribution in [0, 0.1) is 18.3 Å². The Hall–Kier alpha value is -1.99. The molecule has 0 aliphatic rings. The zero-order valence-corrected chi connectivity index (χ0v) is 11.4. The first kappa shape index (κ1) is 12.5. The van der Waals surface area contributed by atoms with Crippen LogP contribution in [-0.4, -0.2) is 0 Å². The number of nitriles is 1. The van der Waals surface area contributed by atoms with Gasteiger partial charge in [-0.05, 0) is 48.9 Å². The highest BCUT2D eigenvalue weighted by Gasteiger charge is 2.07. The third-order valence-corrected chi connectivity index (χ3v) is 2.97. The molecule has 0 atom stereocenters. The molecule has 18 heavy (non-hydrogen) atoms. The third-order valence-electron chi connectivity index (χ3n) is 2.48. The van der Waals surface area contributed by atoms with Gasteiger partial charge in [0.05, 0.1) is 5.56 Å². The predicted octanol–water partition coefficient (Wildman–Crippen LogP) is 4.00. The first-order valence-electron chi connectivity index (χ1n) is 5.34. The smallest absolute Gasteiger partial charge is 0.145 e. The van der Waals surface area contributed by atoms with Crippen molar-refractivity contribution in [2.24, 2.45) is 0 Å². The molecule has 0 unspecified atom stereocenters. The average Bonchev–Trinajstić information content (AvgIpc) is 2.34. The van der Waals surface area contributed by atoms with E-state index >= 15 is 0 Å². The van der Waals surface area contributed by atoms with Crippen molar-refractivity contribution < 1.29 is 4.74 Å². The Morgan fingerprint density at radius 3 is 2.56 bits per heavy atom. The van der Waals surface area contributed by atoms with Gasteiger partial charge in [-0.3, -0.25) is 0 Å². The predicted molar refractivity (Wildman–Crippen MR) is 74.5 cm³/mol. The van der Waals surface area contributed by atoms with E-state index in [1.165, 1.54) is 0 Å². The van der Waals surface area contributed by atoms with Crippen molar-refractivity contribution in [1.82, 2.24) is 0 Å². The Bertz CT molecular complexity index is 632. The summed E-state index contributed by atoms with van der Waals surface area (Å²) in [5.74, 6) is 1.23. The molecule has 0 bridgehead atoms. The molecule has 0 radical (unpaired) electrons. The summed E-state index contributed by atoms with van der Waals surface area (Å²) in [5, 5.41) is 9.06. The number of aryl methyl sites for hydroxylation is 1. The number of benzene rings is 2. The van der Waals surface area contributed by atoms with Gasteiger partial charge in [0.2, 0.25) is 0 Å². The molecule has 0 saturated heterocycles. The summed E-state index contributed by atoms with van der Waals surface area (Å²) in [6, 6.07) is 12.8. The second-order valence-electron chi connectivity index (χ2n) is 3.88. The van der Waals surface area contributed by atoms with Gasteiger partial charge in [-0.15, -0.1) is 0 Å². The minimum Gasteiger partial charge on any atom is -0.456 e. The Balaban J connectivity index is 2.37. The molecule has 0 fully saturated rings. The molecule has 2 N–H and O–H groups in total. The molecule has 2 rings (SSSR count). The van der Waals surface area contributed by atoms with Gasteiger partial charge in [0.15, 0.2) is 0 Å². The fourth-order valence-electron chi connectivity index (χ4n) is 1.58. The minimum absolute atomic E-state index is 0.487. The normalized spacial score (nSPS) is 9.83. The van der Waals surface area contributed by atoms with E-state index in [2.05, 4.69) is 22.0 Å². The highest BCUT2D eigenvalue weighted by atomic mass is 79.9. The fraction of sp³-hybridized carbons (Fsp3) is 0.0714. The van der Waals surface area contributed by atoms with Crippen molar-refractivity contribution in [3.63, 3.8) is 0 Å². The summed E-state index contributed by atoms with van der Waals surface area (Å²) in [5.41, 5.74) is 7.79. The van der Waals surface area contributed by atoms with Crippen molar-refractivity contribution in [1.29, 1.82) is 5.26 Å². The molecule has 0 amide bonds. The summed E-state index contributed by atoms with van der Waals surface area (Å²) in [7, 11) is 0. The number of nitrogens with zero attached hydrogens (tertiary/aromatic N) is 1. The second-order valence-corrected chi connectivity index (χ2v) is 4.79. The van der Waals surface area contributed by atoms with E-state index in [1.807, 2.05) is 19.1 Å². The van der Waals surface area contributed by atoms with Crippen molar-refractivity contribution >= 4 is 21.6 Å². The van der Waals surface area contributed by atoms with Gasteiger partial charge in [-0.25, -0.2) is 0 Å². The van der Waals surface area contributed by atoms with Crippen LogP contribution in [0.2, 0.25) is 0 Å². The Morgan fingerprint density at radius 2 is 1.89 bits per heavy atom. The van der Waals surface area contributed by atoms with Crippen LogP contribution in [0.25, 0.3) is 0 Å². The van der Waals surface area contributed by atoms with E-state index in [9.17, 15) is 0 Å². The van der Waals surface area contributed by atoms with Gasteiger partial charge in [0.1, 0.15) is 17.6 Å². The molecule has 2 aromatic rings. The van der Waals surface area contributed by atoms with Crippen molar-refractivity contribution in [3.05, 3.63) is 52.0 Å². The number of rotatable bonds is 2. The van der Waals surface area contributed by atoms with Gasteiger partial charge in [0.25, 0.3) is 0 Å². The number of hydrogen-bond acceptors (Lipinski definition) is 3. The number of anilines is 1. The number of nitrogens with two attached hydrogens (primary N) is 1. The lowest BCUT2D eigenvalue weighted by atomic mass is 10.2. The van der Waals surface area contributed by atoms with E-state index in [4.69, 9.17) is 15.7 Å². The zero-order chi connectivity index (χ0) is 13.1. The zero-order valence-electron chi connectivity index (χ0n) is 9.77. The van der Waals surface area contributed by atoms with Crippen molar-refractivity contribution in [2.45, 2.75) is 6.92 Å². The van der Waals surface area contributed by atoms with Crippen LogP contribution in [-0.2, 0) is 0 Å². The topological polar surface area (TPSA) is 59.0 Å². The van der Waals surface area contributed by atoms with Gasteiger partial charge in [-0.2, -0.15) is 5.26 Å². The lowest BCUT2D eigenvalue weighted by Crippen LogP contribution is -1.92. The summed E-state index contributed by atoms with van der Waals surface area (Å²) in [6.07, 6.45) is 0. The van der Waals surface area contributed by atoms with Crippen LogP contribution in [0.5, 0.6) is 11.5 Å². The fourth-order valence-corrected chi connectivity index (χ4v) is 1.95. The molecular weight excluding hydrogens is 292 g/mol. The van der Waals surface area contributed by atoms with E-state index in [0.29, 0.717) is 22.7 Å². The molecule has 0 spiro atoms.